The number of halogens is 3. The summed E-state index contributed by atoms with van der Waals surface area (Å²) in [4.78, 5) is 11.1. The van der Waals surface area contributed by atoms with E-state index in [1.165, 1.54) is 0 Å². The molecule has 3 nitrogen and oxygen atoms in total. The topological polar surface area (TPSA) is 69.1 Å². The first-order valence-electron chi connectivity index (χ1n) is 4.06. The Balaban J connectivity index is 3.23. The molecule has 0 unspecified atom stereocenters. The Bertz CT molecular complexity index is 387. The van der Waals surface area contributed by atoms with Gasteiger partial charge in [0, 0.05) is 11.3 Å². The van der Waals surface area contributed by atoms with E-state index < -0.39 is 17.5 Å². The molecule has 0 atom stereocenters. The van der Waals surface area contributed by atoms with Crippen molar-refractivity contribution in [3.8, 4) is 0 Å². The Morgan fingerprint density at radius 3 is 2.40 bits per heavy atom. The number of nitrogens with two attached hydrogens (primary N) is 2. The molecular weight excluding hydrogens is 209 g/mol. The van der Waals surface area contributed by atoms with E-state index in [4.69, 9.17) is 11.5 Å². The summed E-state index contributed by atoms with van der Waals surface area (Å²) < 4.78 is 36.9. The highest BCUT2D eigenvalue weighted by atomic mass is 19.4. The lowest BCUT2D eigenvalue weighted by Gasteiger charge is -2.09. The average Bonchev–Trinajstić information content (AvgIpc) is 2.15. The molecule has 1 aromatic rings. The van der Waals surface area contributed by atoms with Crippen LogP contribution in [0.3, 0.4) is 0 Å². The van der Waals surface area contributed by atoms with Crippen LogP contribution in [0.15, 0.2) is 18.2 Å². The smallest absolute Gasteiger partial charge is 0.398 e. The summed E-state index contributed by atoms with van der Waals surface area (Å²) >= 11 is 0. The number of hydrogen-bond acceptors (Lipinski definition) is 3. The molecule has 0 aliphatic carbocycles. The van der Waals surface area contributed by atoms with Crippen molar-refractivity contribution in [2.75, 3.05) is 12.3 Å². The highest BCUT2D eigenvalue weighted by Gasteiger charge is 2.31. The lowest BCUT2D eigenvalue weighted by molar-refractivity contribution is -0.137. The fourth-order valence-electron chi connectivity index (χ4n) is 1.08. The molecule has 1 aromatic carbocycles. The van der Waals surface area contributed by atoms with Gasteiger partial charge in [0.05, 0.1) is 12.1 Å². The number of nitrogen functional groups attached to an aromatic ring is 1. The zero-order valence-electron chi connectivity index (χ0n) is 7.64. The first-order chi connectivity index (χ1) is 6.86. The molecule has 0 aliphatic rings. The minimum absolute atomic E-state index is 0.00144. The van der Waals surface area contributed by atoms with E-state index >= 15 is 0 Å². The van der Waals surface area contributed by atoms with Crippen molar-refractivity contribution in [3.05, 3.63) is 29.3 Å². The van der Waals surface area contributed by atoms with Crippen LogP contribution >= 0.6 is 0 Å². The van der Waals surface area contributed by atoms with Crippen LogP contribution in [-0.2, 0) is 6.18 Å². The van der Waals surface area contributed by atoms with Crippen LogP contribution in [0.25, 0.3) is 0 Å². The molecule has 0 saturated carbocycles. The minimum atomic E-state index is -4.49. The maximum atomic E-state index is 12.3. The van der Waals surface area contributed by atoms with Crippen LogP contribution in [0, 0.1) is 0 Å². The number of hydrogen-bond donors (Lipinski definition) is 2. The van der Waals surface area contributed by atoms with E-state index in [-0.39, 0.29) is 17.8 Å². The van der Waals surface area contributed by atoms with Crippen molar-refractivity contribution in [1.29, 1.82) is 0 Å². The number of carbonyl (C=O) groups excluding carboxylic acids is 1. The number of Topliss-reactive ketones (excluding diaryl/α,β-unsaturated/α-hetero) is 1. The number of rotatable bonds is 2. The fourth-order valence-corrected chi connectivity index (χ4v) is 1.08. The van der Waals surface area contributed by atoms with Gasteiger partial charge in [0.2, 0.25) is 0 Å². The number of ketones is 1. The van der Waals surface area contributed by atoms with Crippen LogP contribution < -0.4 is 11.5 Å². The Kier molecular flexibility index (Phi) is 2.99. The SMILES string of the molecule is NCC(=O)c1cc(C(F)(F)F)ccc1N. The standard InChI is InChI=1S/C9H9F3N2O/c10-9(11,12)5-1-2-7(14)6(3-5)8(15)4-13/h1-3H,4,13-14H2. The summed E-state index contributed by atoms with van der Waals surface area (Å²) in [5, 5.41) is 0. The van der Waals surface area contributed by atoms with E-state index in [1.807, 2.05) is 0 Å². The van der Waals surface area contributed by atoms with Crippen molar-refractivity contribution in [2.24, 2.45) is 5.73 Å². The van der Waals surface area contributed by atoms with Gasteiger partial charge < -0.3 is 11.5 Å². The van der Waals surface area contributed by atoms with Gasteiger partial charge in [-0.1, -0.05) is 0 Å². The molecule has 0 aromatic heterocycles. The Hall–Kier alpha value is -1.56. The van der Waals surface area contributed by atoms with Gasteiger partial charge in [-0.25, -0.2) is 0 Å². The highest BCUT2D eigenvalue weighted by Crippen LogP contribution is 2.31. The maximum Gasteiger partial charge on any atom is 0.416 e. The molecule has 0 saturated heterocycles. The summed E-state index contributed by atoms with van der Waals surface area (Å²) in [5.74, 6) is -0.612. The largest absolute Gasteiger partial charge is 0.416 e. The number of alkyl halides is 3. The van der Waals surface area contributed by atoms with Crippen molar-refractivity contribution in [1.82, 2.24) is 0 Å². The van der Waals surface area contributed by atoms with Gasteiger partial charge in [-0.15, -0.1) is 0 Å². The number of anilines is 1. The van der Waals surface area contributed by atoms with Gasteiger partial charge in [-0.2, -0.15) is 13.2 Å². The first-order valence-corrected chi connectivity index (χ1v) is 4.06. The molecule has 0 aliphatic heterocycles. The monoisotopic (exact) mass is 218 g/mol. The average molecular weight is 218 g/mol. The van der Waals surface area contributed by atoms with Gasteiger partial charge >= 0.3 is 6.18 Å². The third-order valence-corrected chi connectivity index (χ3v) is 1.87. The molecule has 1 rings (SSSR count). The number of carbonyl (C=O) groups is 1. The molecule has 0 fully saturated rings. The second-order valence-corrected chi connectivity index (χ2v) is 2.93. The molecule has 15 heavy (non-hydrogen) atoms. The maximum absolute atomic E-state index is 12.3. The van der Waals surface area contributed by atoms with Gasteiger partial charge in [0.15, 0.2) is 5.78 Å². The van der Waals surface area contributed by atoms with Crippen LogP contribution in [-0.4, -0.2) is 12.3 Å². The fraction of sp³-hybridized carbons (Fsp3) is 0.222. The molecule has 0 heterocycles. The highest BCUT2D eigenvalue weighted by molar-refractivity contribution is 6.02. The molecule has 0 radical (unpaired) electrons. The van der Waals surface area contributed by atoms with Crippen LogP contribution in [0.1, 0.15) is 15.9 Å². The van der Waals surface area contributed by atoms with E-state index in [0.717, 1.165) is 12.1 Å². The molecular formula is C9H9F3N2O. The van der Waals surface area contributed by atoms with Gasteiger partial charge in [-0.05, 0) is 18.2 Å². The van der Waals surface area contributed by atoms with Gasteiger partial charge in [0.1, 0.15) is 0 Å². The summed E-state index contributed by atoms with van der Waals surface area (Å²) in [5.41, 5.74) is 9.31. The zero-order chi connectivity index (χ0) is 11.6. The van der Waals surface area contributed by atoms with E-state index in [9.17, 15) is 18.0 Å². The molecule has 0 spiro atoms. The Morgan fingerprint density at radius 2 is 1.93 bits per heavy atom. The van der Waals surface area contributed by atoms with Crippen molar-refractivity contribution < 1.29 is 18.0 Å². The third-order valence-electron chi connectivity index (χ3n) is 1.87. The van der Waals surface area contributed by atoms with Crippen molar-refractivity contribution in [3.63, 3.8) is 0 Å². The van der Waals surface area contributed by atoms with Crippen LogP contribution in [0.2, 0.25) is 0 Å². The predicted octanol–water partition coefficient (Wildman–Crippen LogP) is 1.43. The van der Waals surface area contributed by atoms with E-state index in [2.05, 4.69) is 0 Å². The lowest BCUT2D eigenvalue weighted by Crippen LogP contribution is -2.16. The van der Waals surface area contributed by atoms with Crippen LogP contribution in [0.5, 0.6) is 0 Å². The van der Waals surface area contributed by atoms with E-state index in [1.54, 1.807) is 0 Å². The second-order valence-electron chi connectivity index (χ2n) is 2.93. The summed E-state index contributed by atoms with van der Waals surface area (Å²) in [6.45, 7) is -0.370. The molecule has 0 bridgehead atoms. The first kappa shape index (κ1) is 11.5. The van der Waals surface area contributed by atoms with Gasteiger partial charge in [0.25, 0.3) is 0 Å². The summed E-state index contributed by atoms with van der Waals surface area (Å²) in [6, 6.07) is 2.58. The van der Waals surface area contributed by atoms with Gasteiger partial charge in [-0.3, -0.25) is 4.79 Å². The lowest BCUT2D eigenvalue weighted by atomic mass is 10.0. The molecule has 0 amide bonds. The second kappa shape index (κ2) is 3.90. The quantitative estimate of drug-likeness (QED) is 0.582. The Morgan fingerprint density at radius 1 is 1.33 bits per heavy atom. The molecule has 6 heteroatoms. The molecule has 4 N–H and O–H groups in total. The molecule has 82 valence electrons. The Labute approximate surface area is 83.9 Å². The van der Waals surface area contributed by atoms with Crippen molar-refractivity contribution >= 4 is 11.5 Å². The summed E-state index contributed by atoms with van der Waals surface area (Å²) in [7, 11) is 0. The van der Waals surface area contributed by atoms with Crippen LogP contribution in [0.4, 0.5) is 18.9 Å². The third kappa shape index (κ3) is 2.47. The van der Waals surface area contributed by atoms with E-state index in [0.29, 0.717) is 6.07 Å². The normalized spacial score (nSPS) is 11.5. The summed E-state index contributed by atoms with van der Waals surface area (Å²) in [6.07, 6.45) is -4.49. The zero-order valence-corrected chi connectivity index (χ0v) is 7.64. The minimum Gasteiger partial charge on any atom is -0.398 e. The number of benzene rings is 1. The predicted molar refractivity (Wildman–Crippen MR) is 49.2 cm³/mol. The van der Waals surface area contributed by atoms with Crippen molar-refractivity contribution in [2.45, 2.75) is 6.18 Å².